The normalized spacial score (nSPS) is 11.1. The fraction of sp³-hybridized carbons (Fsp3) is 0.290. The van der Waals surface area contributed by atoms with E-state index in [1.54, 1.807) is 0 Å². The summed E-state index contributed by atoms with van der Waals surface area (Å²) < 4.78 is 0. The summed E-state index contributed by atoms with van der Waals surface area (Å²) in [5.41, 5.74) is 8.31. The van der Waals surface area contributed by atoms with E-state index in [0.29, 0.717) is 0 Å². The summed E-state index contributed by atoms with van der Waals surface area (Å²) >= 11 is 0. The fourth-order valence-electron chi connectivity index (χ4n) is 3.94. The SMILES string of the molecule is C=CCCc1ccc(CCCCc2ccc(-c3ccc(CC/C=C/C)cc3)cc2)cc1. The third kappa shape index (κ3) is 7.72. The van der Waals surface area contributed by atoms with Gasteiger partial charge < -0.3 is 0 Å². The van der Waals surface area contributed by atoms with Crippen molar-refractivity contribution in [1.82, 2.24) is 0 Å². The van der Waals surface area contributed by atoms with E-state index in [2.05, 4.69) is 98.5 Å². The molecule has 0 amide bonds. The van der Waals surface area contributed by atoms with Gasteiger partial charge in [-0.05, 0) is 91.7 Å². The molecule has 0 aliphatic carbocycles. The van der Waals surface area contributed by atoms with Gasteiger partial charge in [0.25, 0.3) is 0 Å². The summed E-state index contributed by atoms with van der Waals surface area (Å²) in [5, 5.41) is 0. The second kappa shape index (κ2) is 12.7. The van der Waals surface area contributed by atoms with Crippen molar-refractivity contribution in [1.29, 1.82) is 0 Å². The van der Waals surface area contributed by atoms with Crippen LogP contribution in [0.15, 0.2) is 97.6 Å². The smallest absolute Gasteiger partial charge is 0.0184 e. The maximum absolute atomic E-state index is 3.80. The number of rotatable bonds is 12. The van der Waals surface area contributed by atoms with E-state index in [9.17, 15) is 0 Å². The Hall–Kier alpha value is -2.86. The van der Waals surface area contributed by atoms with Gasteiger partial charge in [0.1, 0.15) is 0 Å². The highest BCUT2D eigenvalue weighted by Crippen LogP contribution is 2.22. The summed E-state index contributed by atoms with van der Waals surface area (Å²) in [7, 11) is 0. The van der Waals surface area contributed by atoms with E-state index < -0.39 is 0 Å². The van der Waals surface area contributed by atoms with Crippen LogP contribution in [0.25, 0.3) is 11.1 Å². The summed E-state index contributed by atoms with van der Waals surface area (Å²) in [6, 6.07) is 27.3. The average Bonchev–Trinajstić information content (AvgIpc) is 2.82. The van der Waals surface area contributed by atoms with Gasteiger partial charge in [0.15, 0.2) is 0 Å². The highest BCUT2D eigenvalue weighted by atomic mass is 14.1. The van der Waals surface area contributed by atoms with Crippen molar-refractivity contribution in [3.05, 3.63) is 120 Å². The summed E-state index contributed by atoms with van der Waals surface area (Å²) in [5.74, 6) is 0. The van der Waals surface area contributed by atoms with Crippen LogP contribution in [0.2, 0.25) is 0 Å². The zero-order chi connectivity index (χ0) is 21.7. The molecule has 0 atom stereocenters. The molecule has 0 aromatic heterocycles. The van der Waals surface area contributed by atoms with Crippen molar-refractivity contribution in [3.63, 3.8) is 0 Å². The van der Waals surface area contributed by atoms with Gasteiger partial charge in [0.2, 0.25) is 0 Å². The van der Waals surface area contributed by atoms with Crippen LogP contribution < -0.4 is 0 Å². The molecule has 0 heterocycles. The average molecular weight is 409 g/mol. The Bertz CT molecular complexity index is 925. The summed E-state index contributed by atoms with van der Waals surface area (Å²) in [6.45, 7) is 5.88. The maximum atomic E-state index is 3.80. The van der Waals surface area contributed by atoms with Crippen molar-refractivity contribution in [2.24, 2.45) is 0 Å². The lowest BCUT2D eigenvalue weighted by atomic mass is 9.98. The number of aryl methyl sites for hydroxylation is 4. The molecule has 0 radical (unpaired) electrons. The number of benzene rings is 3. The molecule has 160 valence electrons. The first kappa shape index (κ1) is 22.8. The van der Waals surface area contributed by atoms with Gasteiger partial charge >= 0.3 is 0 Å². The lowest BCUT2D eigenvalue weighted by molar-refractivity contribution is 0.734. The predicted octanol–water partition coefficient (Wildman–Crippen LogP) is 8.55. The van der Waals surface area contributed by atoms with Crippen molar-refractivity contribution in [2.45, 2.75) is 58.3 Å². The zero-order valence-corrected chi connectivity index (χ0v) is 19.0. The van der Waals surface area contributed by atoms with Crippen molar-refractivity contribution >= 4 is 0 Å². The lowest BCUT2D eigenvalue weighted by Crippen LogP contribution is -1.91. The van der Waals surface area contributed by atoms with E-state index in [4.69, 9.17) is 0 Å². The number of unbranched alkanes of at least 4 members (excludes halogenated alkanes) is 1. The van der Waals surface area contributed by atoms with Gasteiger partial charge in [-0.1, -0.05) is 91.0 Å². The largest absolute Gasteiger partial charge is 0.103 e. The molecule has 0 nitrogen and oxygen atoms in total. The van der Waals surface area contributed by atoms with Crippen LogP contribution in [-0.4, -0.2) is 0 Å². The topological polar surface area (TPSA) is 0 Å². The maximum Gasteiger partial charge on any atom is -0.0184 e. The van der Waals surface area contributed by atoms with Gasteiger partial charge in [-0.15, -0.1) is 6.58 Å². The minimum Gasteiger partial charge on any atom is -0.103 e. The predicted molar refractivity (Wildman–Crippen MR) is 137 cm³/mol. The van der Waals surface area contributed by atoms with E-state index in [1.165, 1.54) is 52.6 Å². The monoisotopic (exact) mass is 408 g/mol. The Balaban J connectivity index is 1.42. The first-order chi connectivity index (χ1) is 15.3. The third-order valence-corrected chi connectivity index (χ3v) is 5.92. The van der Waals surface area contributed by atoms with E-state index in [1.807, 2.05) is 6.08 Å². The van der Waals surface area contributed by atoms with Gasteiger partial charge in [-0.3, -0.25) is 0 Å². The molecule has 0 saturated carbocycles. The third-order valence-electron chi connectivity index (χ3n) is 5.92. The molecule has 0 saturated heterocycles. The minimum atomic E-state index is 1.06. The fourth-order valence-corrected chi connectivity index (χ4v) is 3.94. The molecule has 0 unspecified atom stereocenters. The zero-order valence-electron chi connectivity index (χ0n) is 19.0. The molecule has 0 bridgehead atoms. The Morgan fingerprint density at radius 1 is 0.548 bits per heavy atom. The Labute approximate surface area is 189 Å². The van der Waals surface area contributed by atoms with E-state index in [-0.39, 0.29) is 0 Å². The molecule has 0 aliphatic heterocycles. The van der Waals surface area contributed by atoms with Gasteiger partial charge in [0, 0.05) is 0 Å². The lowest BCUT2D eigenvalue weighted by Gasteiger charge is -2.07. The van der Waals surface area contributed by atoms with Crippen LogP contribution in [0.1, 0.15) is 54.9 Å². The van der Waals surface area contributed by atoms with Crippen LogP contribution in [0.5, 0.6) is 0 Å². The molecule has 3 aromatic rings. The second-order valence-corrected chi connectivity index (χ2v) is 8.35. The quantitative estimate of drug-likeness (QED) is 0.208. The molecule has 0 aliphatic rings. The second-order valence-electron chi connectivity index (χ2n) is 8.35. The molecular formula is C31H36. The minimum absolute atomic E-state index is 1.06. The first-order valence-electron chi connectivity index (χ1n) is 11.8. The van der Waals surface area contributed by atoms with Crippen LogP contribution in [0.3, 0.4) is 0 Å². The number of hydrogen-bond acceptors (Lipinski definition) is 0. The molecular weight excluding hydrogens is 372 g/mol. The van der Waals surface area contributed by atoms with Crippen LogP contribution >= 0.6 is 0 Å². The van der Waals surface area contributed by atoms with Crippen LogP contribution in [-0.2, 0) is 25.7 Å². The van der Waals surface area contributed by atoms with Gasteiger partial charge in [-0.2, -0.15) is 0 Å². The standard InChI is InChI=1S/C31H36/c1-3-5-7-11-28-18-22-30(23-19-28)31-24-20-29(21-25-31)13-9-8-12-27-16-14-26(15-17-27)10-6-4-2/h3-5,14-25H,2,6-13H2,1H3/b5-3+. The highest BCUT2D eigenvalue weighted by molar-refractivity contribution is 5.64. The van der Waals surface area contributed by atoms with Crippen molar-refractivity contribution < 1.29 is 0 Å². The summed E-state index contributed by atoms with van der Waals surface area (Å²) in [6.07, 6.45) is 15.5. The molecule has 0 fully saturated rings. The number of allylic oxidation sites excluding steroid dienone is 3. The Morgan fingerprint density at radius 3 is 1.35 bits per heavy atom. The Morgan fingerprint density at radius 2 is 0.935 bits per heavy atom. The van der Waals surface area contributed by atoms with Crippen LogP contribution in [0.4, 0.5) is 0 Å². The first-order valence-corrected chi connectivity index (χ1v) is 11.8. The molecule has 0 heteroatoms. The van der Waals surface area contributed by atoms with Crippen LogP contribution in [0, 0.1) is 0 Å². The van der Waals surface area contributed by atoms with E-state index in [0.717, 1.165) is 32.1 Å². The summed E-state index contributed by atoms with van der Waals surface area (Å²) in [4.78, 5) is 0. The molecule has 0 N–H and O–H groups in total. The molecule has 0 spiro atoms. The van der Waals surface area contributed by atoms with Gasteiger partial charge in [0.05, 0.1) is 0 Å². The van der Waals surface area contributed by atoms with Crippen molar-refractivity contribution in [3.8, 4) is 11.1 Å². The van der Waals surface area contributed by atoms with Crippen molar-refractivity contribution in [2.75, 3.05) is 0 Å². The Kier molecular flexibility index (Phi) is 9.38. The molecule has 3 aromatic carbocycles. The van der Waals surface area contributed by atoms with E-state index >= 15 is 0 Å². The number of hydrogen-bond donors (Lipinski definition) is 0. The molecule has 3 rings (SSSR count). The molecule has 31 heavy (non-hydrogen) atoms. The van der Waals surface area contributed by atoms with Gasteiger partial charge in [-0.25, -0.2) is 0 Å². The highest BCUT2D eigenvalue weighted by Gasteiger charge is 2.01.